The van der Waals surface area contributed by atoms with Gasteiger partial charge in [-0.2, -0.15) is 0 Å². The fourth-order valence-corrected chi connectivity index (χ4v) is 8.67. The molecule has 2 aliphatic carbocycles. The molecule has 4 unspecified atom stereocenters. The maximum atomic E-state index is 6.69. The van der Waals surface area contributed by atoms with E-state index in [2.05, 4.69) is 126 Å². The largest absolute Gasteiger partial charge is 0.465 e. The Morgan fingerprint density at radius 3 is 1.89 bits per heavy atom. The molecule has 2 saturated heterocycles. The maximum Gasteiger partial charge on any atom is 0.465 e. The van der Waals surface area contributed by atoms with Gasteiger partial charge in [-0.3, -0.25) is 0 Å². The second kappa shape index (κ2) is 10.4. The van der Waals surface area contributed by atoms with Gasteiger partial charge in [0.1, 0.15) is 0 Å². The minimum atomic E-state index is -0.362. The first-order valence-electron chi connectivity index (χ1n) is 17.8. The third kappa shape index (κ3) is 4.77. The van der Waals surface area contributed by atoms with Gasteiger partial charge < -0.3 is 18.8 Å². The molecule has 5 heteroatoms. The van der Waals surface area contributed by atoms with Crippen LogP contribution in [0.2, 0.25) is 5.82 Å². The Morgan fingerprint density at radius 1 is 0.739 bits per heavy atom. The van der Waals surface area contributed by atoms with Crippen molar-refractivity contribution in [2.45, 2.75) is 144 Å². The lowest BCUT2D eigenvalue weighted by Gasteiger charge is -2.58. The molecule has 46 heavy (non-hydrogen) atoms. The molecule has 7 rings (SSSR count). The maximum absolute atomic E-state index is 6.69. The highest BCUT2D eigenvalue weighted by molar-refractivity contribution is 6.49. The minimum absolute atomic E-state index is 0.0254. The molecule has 3 aromatic carbocycles. The fraction of sp³-hybridized carbons (Fsp3) is 0.610. The van der Waals surface area contributed by atoms with E-state index in [1.54, 1.807) is 0 Å². The average Bonchev–Trinajstić information content (AvgIpc) is 3.17. The van der Waals surface area contributed by atoms with Gasteiger partial charge >= 0.3 is 7.12 Å². The van der Waals surface area contributed by atoms with E-state index in [0.29, 0.717) is 5.92 Å². The van der Waals surface area contributed by atoms with Crippen molar-refractivity contribution in [2.24, 2.45) is 17.3 Å². The second-order valence-corrected chi connectivity index (χ2v) is 17.6. The molecule has 3 aromatic rings. The Morgan fingerprint density at radius 2 is 1.33 bits per heavy atom. The normalized spacial score (nSPS) is 27.5. The first-order valence-corrected chi connectivity index (χ1v) is 17.8. The summed E-state index contributed by atoms with van der Waals surface area (Å²) in [4.78, 5) is 0. The van der Waals surface area contributed by atoms with E-state index in [4.69, 9.17) is 18.8 Å². The molecule has 0 saturated carbocycles. The van der Waals surface area contributed by atoms with Crippen LogP contribution in [0.15, 0.2) is 24.3 Å². The molecule has 4 aliphatic rings. The summed E-state index contributed by atoms with van der Waals surface area (Å²) < 4.78 is 26.7. The van der Waals surface area contributed by atoms with Crippen molar-refractivity contribution >= 4 is 40.8 Å². The lowest BCUT2D eigenvalue weighted by molar-refractivity contribution is -0.294. The van der Waals surface area contributed by atoms with E-state index in [0.717, 1.165) is 12.8 Å². The fourth-order valence-electron chi connectivity index (χ4n) is 8.67. The van der Waals surface area contributed by atoms with Crippen molar-refractivity contribution in [3.05, 3.63) is 57.0 Å². The Hall–Kier alpha value is -2.18. The van der Waals surface area contributed by atoms with Gasteiger partial charge in [-0.05, 0) is 147 Å². The number of rotatable bonds is 6. The molecule has 0 bridgehead atoms. The van der Waals surface area contributed by atoms with Gasteiger partial charge in [0, 0.05) is 17.2 Å². The molecule has 0 aromatic heterocycles. The van der Waals surface area contributed by atoms with Gasteiger partial charge in [0.25, 0.3) is 0 Å². The van der Waals surface area contributed by atoms with Gasteiger partial charge in [-0.15, -0.1) is 0 Å². The zero-order valence-corrected chi connectivity index (χ0v) is 30.6. The lowest BCUT2D eigenvalue weighted by atomic mass is 9.63. The summed E-state index contributed by atoms with van der Waals surface area (Å²) in [6.45, 7) is 29.0. The standard InChI is InChI=1S/C41H55BO4/c1-22(2)36(43-23(3)4)27-16-26-17-28(37-38(6,7)39(8,9)44-37)20-32-30-15-24(5)14-25-18-29(42-45-40(10,11)41(12,13)46-42)21-33(34(25)30)31(19-27)35(26)32/h14-18,20,22-23,27,29,36-37H,19,21H2,1-13H3. The minimum Gasteiger partial charge on any atom is -0.403 e. The van der Waals surface area contributed by atoms with E-state index in [9.17, 15) is 0 Å². The van der Waals surface area contributed by atoms with Crippen LogP contribution in [0.4, 0.5) is 0 Å². The van der Waals surface area contributed by atoms with Crippen LogP contribution >= 0.6 is 0 Å². The molecule has 246 valence electrons. The van der Waals surface area contributed by atoms with Crippen molar-refractivity contribution in [1.82, 2.24) is 0 Å². The van der Waals surface area contributed by atoms with Gasteiger partial charge in [0.15, 0.2) is 0 Å². The number of benzene rings is 3. The van der Waals surface area contributed by atoms with E-state index in [1.807, 2.05) is 0 Å². The average molecular weight is 623 g/mol. The molecule has 0 spiro atoms. The Labute approximate surface area is 277 Å². The Kier molecular flexibility index (Phi) is 7.33. The first-order chi connectivity index (χ1) is 21.3. The van der Waals surface area contributed by atoms with Gasteiger partial charge in [0.05, 0.1) is 35.1 Å². The Balaban J connectivity index is 1.49. The number of ether oxygens (including phenoxy) is 2. The van der Waals surface area contributed by atoms with Crippen LogP contribution in [0, 0.1) is 24.2 Å². The van der Waals surface area contributed by atoms with Crippen LogP contribution in [0.5, 0.6) is 0 Å². The van der Waals surface area contributed by atoms with Crippen molar-refractivity contribution < 1.29 is 18.8 Å². The highest BCUT2D eigenvalue weighted by Crippen LogP contribution is 2.58. The molecule has 0 radical (unpaired) electrons. The lowest BCUT2D eigenvalue weighted by Crippen LogP contribution is -2.57. The third-order valence-corrected chi connectivity index (χ3v) is 12.5. The predicted octanol–water partition coefficient (Wildman–Crippen LogP) is 8.38. The molecule has 4 atom stereocenters. The molecule has 2 heterocycles. The van der Waals surface area contributed by atoms with Crippen LogP contribution < -0.4 is 10.4 Å². The molecule has 0 amide bonds. The van der Waals surface area contributed by atoms with Crippen molar-refractivity contribution in [3.8, 4) is 0 Å². The molecule has 2 fully saturated rings. The van der Waals surface area contributed by atoms with E-state index < -0.39 is 0 Å². The van der Waals surface area contributed by atoms with Crippen LogP contribution in [-0.4, -0.2) is 36.1 Å². The van der Waals surface area contributed by atoms with Crippen molar-refractivity contribution in [1.29, 1.82) is 0 Å². The summed E-state index contributed by atoms with van der Waals surface area (Å²) in [7, 11) is -0.279. The van der Waals surface area contributed by atoms with Gasteiger partial charge in [-0.25, -0.2) is 0 Å². The van der Waals surface area contributed by atoms with Crippen molar-refractivity contribution in [2.75, 3.05) is 0 Å². The SMILES string of the molecule is Cc1cc2c3c(c4c5c(cc(C6OC(C)(C)C6(C)C)cc5c3c1)=CC(C(OC(C)C)C(C)C)C4)CC(B1OC(C)(C)C(C)(C)O1)C=2. The zero-order chi connectivity index (χ0) is 33.3. The Bertz CT molecular complexity index is 1850. The quantitative estimate of drug-likeness (QED) is 0.205. The van der Waals surface area contributed by atoms with Crippen LogP contribution in [-0.2, 0) is 31.6 Å². The molecular formula is C41H55BO4. The highest BCUT2D eigenvalue weighted by atomic mass is 16.7. The molecule has 2 aliphatic heterocycles. The number of aryl methyl sites for hydroxylation is 1. The topological polar surface area (TPSA) is 36.9 Å². The number of fused-ring (bicyclic) bond motifs is 2. The van der Waals surface area contributed by atoms with E-state index in [-0.39, 0.29) is 59.4 Å². The van der Waals surface area contributed by atoms with Crippen LogP contribution in [0.1, 0.15) is 111 Å². The van der Waals surface area contributed by atoms with Crippen LogP contribution in [0.3, 0.4) is 0 Å². The summed E-state index contributed by atoms with van der Waals surface area (Å²) >= 11 is 0. The molecule has 0 N–H and O–H groups in total. The first kappa shape index (κ1) is 32.4. The third-order valence-electron chi connectivity index (χ3n) is 12.5. The zero-order valence-electron chi connectivity index (χ0n) is 30.6. The molecular weight excluding hydrogens is 567 g/mol. The summed E-state index contributed by atoms with van der Waals surface area (Å²) in [5, 5.41) is 8.19. The highest BCUT2D eigenvalue weighted by Gasteiger charge is 2.57. The van der Waals surface area contributed by atoms with E-state index >= 15 is 0 Å². The van der Waals surface area contributed by atoms with Gasteiger partial charge in [0.2, 0.25) is 0 Å². The van der Waals surface area contributed by atoms with Crippen LogP contribution in [0.25, 0.3) is 33.7 Å². The summed E-state index contributed by atoms with van der Waals surface area (Å²) in [5.74, 6) is 0.821. The predicted molar refractivity (Wildman–Crippen MR) is 192 cm³/mol. The van der Waals surface area contributed by atoms with Crippen molar-refractivity contribution in [3.63, 3.8) is 0 Å². The van der Waals surface area contributed by atoms with E-state index in [1.165, 1.54) is 54.2 Å². The smallest absolute Gasteiger partial charge is 0.403 e. The van der Waals surface area contributed by atoms with Gasteiger partial charge in [-0.1, -0.05) is 52.0 Å². The summed E-state index contributed by atoms with van der Waals surface area (Å²) in [5.41, 5.74) is 4.67. The number of hydrogen-bond donors (Lipinski definition) is 0. The summed E-state index contributed by atoms with van der Waals surface area (Å²) in [6, 6.07) is 9.70. The number of hydrogen-bond acceptors (Lipinski definition) is 4. The second-order valence-electron chi connectivity index (χ2n) is 17.6. The molecule has 4 nitrogen and oxygen atoms in total. The monoisotopic (exact) mass is 622 g/mol. The summed E-state index contributed by atoms with van der Waals surface area (Å²) in [6.07, 6.45) is 7.24.